The Morgan fingerprint density at radius 2 is 1.94 bits per heavy atom. The summed E-state index contributed by atoms with van der Waals surface area (Å²) in [6.45, 7) is 3.56. The van der Waals surface area contributed by atoms with E-state index in [1.54, 1.807) is 0 Å². The molecule has 90 valence electrons. The Hall–Kier alpha value is -1.06. The van der Waals surface area contributed by atoms with Gasteiger partial charge in [-0.3, -0.25) is 0 Å². The summed E-state index contributed by atoms with van der Waals surface area (Å²) in [5.41, 5.74) is 1.10. The molecule has 0 bridgehead atoms. The van der Waals surface area contributed by atoms with Crippen LogP contribution in [0.2, 0.25) is 0 Å². The molecule has 3 heteroatoms. The van der Waals surface area contributed by atoms with Gasteiger partial charge in [-0.05, 0) is 25.0 Å². The van der Waals surface area contributed by atoms with Gasteiger partial charge in [-0.15, -0.1) is 0 Å². The first-order valence-corrected chi connectivity index (χ1v) is 5.86. The summed E-state index contributed by atoms with van der Waals surface area (Å²) in [6, 6.07) is 10.0. The maximum atomic E-state index is 9.68. The number of anilines is 1. The van der Waals surface area contributed by atoms with E-state index in [4.69, 9.17) is 5.11 Å². The molecular formula is C13H21NO2. The Morgan fingerprint density at radius 3 is 2.50 bits per heavy atom. The fourth-order valence-corrected chi connectivity index (χ4v) is 1.61. The van der Waals surface area contributed by atoms with E-state index in [0.717, 1.165) is 25.1 Å². The highest BCUT2D eigenvalue weighted by Crippen LogP contribution is 2.14. The largest absolute Gasteiger partial charge is 0.396 e. The van der Waals surface area contributed by atoms with Gasteiger partial charge in [0, 0.05) is 25.4 Å². The zero-order valence-corrected chi connectivity index (χ0v) is 9.84. The van der Waals surface area contributed by atoms with Crippen molar-refractivity contribution in [2.24, 2.45) is 0 Å². The highest BCUT2D eigenvalue weighted by Gasteiger charge is 2.10. The van der Waals surface area contributed by atoms with Crippen molar-refractivity contribution < 1.29 is 10.2 Å². The van der Waals surface area contributed by atoms with Gasteiger partial charge in [-0.2, -0.15) is 0 Å². The van der Waals surface area contributed by atoms with Gasteiger partial charge in [0.15, 0.2) is 0 Å². The van der Waals surface area contributed by atoms with Crippen molar-refractivity contribution in [1.82, 2.24) is 0 Å². The molecule has 1 aromatic carbocycles. The average molecular weight is 223 g/mol. The van der Waals surface area contributed by atoms with E-state index in [2.05, 4.69) is 4.90 Å². The Labute approximate surface area is 97.3 Å². The molecule has 1 aromatic rings. The molecule has 0 radical (unpaired) electrons. The van der Waals surface area contributed by atoms with Crippen LogP contribution in [0.3, 0.4) is 0 Å². The molecule has 0 saturated carbocycles. The van der Waals surface area contributed by atoms with E-state index in [-0.39, 0.29) is 12.7 Å². The Kier molecular flexibility index (Phi) is 5.90. The quantitative estimate of drug-likeness (QED) is 0.738. The average Bonchev–Trinajstić information content (AvgIpc) is 2.35. The second kappa shape index (κ2) is 7.25. The molecule has 0 fully saturated rings. The van der Waals surface area contributed by atoms with Gasteiger partial charge in [0.25, 0.3) is 0 Å². The van der Waals surface area contributed by atoms with Crippen molar-refractivity contribution in [1.29, 1.82) is 0 Å². The SMILES string of the molecule is CC[C@@H](O)CN(CCCO)c1ccccc1. The van der Waals surface area contributed by atoms with Crippen LogP contribution in [0, 0.1) is 0 Å². The Bertz CT molecular complexity index is 277. The first-order valence-electron chi connectivity index (χ1n) is 5.86. The zero-order valence-electron chi connectivity index (χ0n) is 9.84. The molecule has 0 saturated heterocycles. The van der Waals surface area contributed by atoms with Crippen molar-refractivity contribution >= 4 is 5.69 Å². The molecule has 0 spiro atoms. The maximum absolute atomic E-state index is 9.68. The van der Waals surface area contributed by atoms with Crippen LogP contribution in [0.15, 0.2) is 30.3 Å². The van der Waals surface area contributed by atoms with Crippen LogP contribution in [0.25, 0.3) is 0 Å². The van der Waals surface area contributed by atoms with E-state index in [0.29, 0.717) is 6.54 Å². The summed E-state index contributed by atoms with van der Waals surface area (Å²) in [5.74, 6) is 0. The molecule has 0 unspecified atom stereocenters. The predicted octanol–water partition coefficient (Wildman–Crippen LogP) is 1.65. The third kappa shape index (κ3) is 4.21. The number of nitrogens with zero attached hydrogens (tertiary/aromatic N) is 1. The molecule has 1 rings (SSSR count). The zero-order chi connectivity index (χ0) is 11.8. The molecule has 0 aliphatic carbocycles. The lowest BCUT2D eigenvalue weighted by Crippen LogP contribution is -2.33. The molecule has 1 atom stereocenters. The van der Waals surface area contributed by atoms with Gasteiger partial charge < -0.3 is 15.1 Å². The summed E-state index contributed by atoms with van der Waals surface area (Å²) in [4.78, 5) is 2.12. The number of aliphatic hydroxyl groups excluding tert-OH is 2. The van der Waals surface area contributed by atoms with Crippen LogP contribution in [0.1, 0.15) is 19.8 Å². The van der Waals surface area contributed by atoms with E-state index < -0.39 is 0 Å². The van der Waals surface area contributed by atoms with E-state index in [1.807, 2.05) is 37.3 Å². The van der Waals surface area contributed by atoms with Crippen LogP contribution >= 0.6 is 0 Å². The third-order valence-corrected chi connectivity index (χ3v) is 2.61. The van der Waals surface area contributed by atoms with E-state index in [1.165, 1.54) is 0 Å². The first kappa shape index (κ1) is 13.0. The summed E-state index contributed by atoms with van der Waals surface area (Å²) < 4.78 is 0. The maximum Gasteiger partial charge on any atom is 0.0712 e. The van der Waals surface area contributed by atoms with Crippen LogP contribution in [-0.2, 0) is 0 Å². The monoisotopic (exact) mass is 223 g/mol. The lowest BCUT2D eigenvalue weighted by Gasteiger charge is -2.26. The highest BCUT2D eigenvalue weighted by molar-refractivity contribution is 5.45. The Balaban J connectivity index is 2.63. The van der Waals surface area contributed by atoms with Gasteiger partial charge in [0.05, 0.1) is 6.10 Å². The number of aliphatic hydroxyl groups is 2. The van der Waals surface area contributed by atoms with Gasteiger partial charge >= 0.3 is 0 Å². The van der Waals surface area contributed by atoms with Crippen LogP contribution < -0.4 is 4.90 Å². The molecule has 0 heterocycles. The number of rotatable bonds is 7. The van der Waals surface area contributed by atoms with Gasteiger partial charge in [-0.1, -0.05) is 25.1 Å². The highest BCUT2D eigenvalue weighted by atomic mass is 16.3. The van der Waals surface area contributed by atoms with E-state index in [9.17, 15) is 5.11 Å². The first-order chi connectivity index (χ1) is 7.77. The lowest BCUT2D eigenvalue weighted by molar-refractivity contribution is 0.174. The minimum Gasteiger partial charge on any atom is -0.396 e. The lowest BCUT2D eigenvalue weighted by atomic mass is 10.2. The second-order valence-corrected chi connectivity index (χ2v) is 3.92. The van der Waals surface area contributed by atoms with Crippen molar-refractivity contribution in [2.45, 2.75) is 25.9 Å². The molecule has 0 amide bonds. The number of benzene rings is 1. The predicted molar refractivity (Wildman–Crippen MR) is 66.7 cm³/mol. The van der Waals surface area contributed by atoms with Crippen molar-refractivity contribution in [3.8, 4) is 0 Å². The van der Waals surface area contributed by atoms with Crippen molar-refractivity contribution in [3.05, 3.63) is 30.3 Å². The van der Waals surface area contributed by atoms with Crippen molar-refractivity contribution in [3.63, 3.8) is 0 Å². The normalized spacial score (nSPS) is 12.4. The molecule has 2 N–H and O–H groups in total. The third-order valence-electron chi connectivity index (χ3n) is 2.61. The van der Waals surface area contributed by atoms with Crippen LogP contribution in [0.4, 0.5) is 5.69 Å². The smallest absolute Gasteiger partial charge is 0.0712 e. The summed E-state index contributed by atoms with van der Waals surface area (Å²) in [6.07, 6.45) is 1.17. The number of hydrogen-bond acceptors (Lipinski definition) is 3. The van der Waals surface area contributed by atoms with E-state index >= 15 is 0 Å². The van der Waals surface area contributed by atoms with Gasteiger partial charge in [-0.25, -0.2) is 0 Å². The topological polar surface area (TPSA) is 43.7 Å². The molecule has 16 heavy (non-hydrogen) atoms. The van der Waals surface area contributed by atoms with Crippen LogP contribution in [0.5, 0.6) is 0 Å². The molecule has 0 aromatic heterocycles. The minimum atomic E-state index is -0.307. The molecule has 0 aliphatic heterocycles. The summed E-state index contributed by atoms with van der Waals surface area (Å²) >= 11 is 0. The molecule has 0 aliphatic rings. The van der Waals surface area contributed by atoms with Crippen LogP contribution in [-0.4, -0.2) is 36.0 Å². The fourth-order valence-electron chi connectivity index (χ4n) is 1.61. The fraction of sp³-hybridized carbons (Fsp3) is 0.538. The molecular weight excluding hydrogens is 202 g/mol. The second-order valence-electron chi connectivity index (χ2n) is 3.92. The molecule has 3 nitrogen and oxygen atoms in total. The van der Waals surface area contributed by atoms with Crippen molar-refractivity contribution in [2.75, 3.05) is 24.6 Å². The minimum absolute atomic E-state index is 0.186. The number of para-hydroxylation sites is 1. The Morgan fingerprint density at radius 1 is 1.25 bits per heavy atom. The summed E-state index contributed by atoms with van der Waals surface area (Å²) in [7, 11) is 0. The van der Waals surface area contributed by atoms with Gasteiger partial charge in [0.1, 0.15) is 0 Å². The van der Waals surface area contributed by atoms with Gasteiger partial charge in [0.2, 0.25) is 0 Å². The number of hydrogen-bond donors (Lipinski definition) is 2. The summed E-state index contributed by atoms with van der Waals surface area (Å²) in [5, 5.41) is 18.5. The standard InChI is InChI=1S/C13H21NO2/c1-2-13(16)11-14(9-6-10-15)12-7-4-3-5-8-12/h3-5,7-8,13,15-16H,2,6,9-11H2,1H3/t13-/m1/s1.